The summed E-state index contributed by atoms with van der Waals surface area (Å²) in [5.74, 6) is -1.52. The van der Waals surface area contributed by atoms with Crippen molar-refractivity contribution in [2.24, 2.45) is 0 Å². The van der Waals surface area contributed by atoms with Crippen molar-refractivity contribution in [2.45, 2.75) is 0 Å². The number of methoxy groups -OCH3 is 1. The van der Waals surface area contributed by atoms with Crippen molar-refractivity contribution in [2.75, 3.05) is 33.4 Å². The summed E-state index contributed by atoms with van der Waals surface area (Å²) in [6.07, 6.45) is 0. The molecule has 0 saturated heterocycles. The van der Waals surface area contributed by atoms with Crippen molar-refractivity contribution < 1.29 is 23.0 Å². The van der Waals surface area contributed by atoms with Gasteiger partial charge in [-0.2, -0.15) is 0 Å². The van der Waals surface area contributed by atoms with E-state index in [1.54, 1.807) is 31.4 Å². The van der Waals surface area contributed by atoms with Crippen molar-refractivity contribution in [3.05, 3.63) is 59.7 Å². The first-order valence-electron chi connectivity index (χ1n) is 7.81. The lowest BCUT2D eigenvalue weighted by Crippen LogP contribution is -2.33. The highest BCUT2D eigenvalue weighted by atomic mass is 35.5. The molecule has 26 heavy (non-hydrogen) atoms. The van der Waals surface area contributed by atoms with E-state index in [0.717, 1.165) is 18.7 Å². The topological polar surface area (TPSA) is 59.6 Å². The van der Waals surface area contributed by atoms with Crippen molar-refractivity contribution >= 4 is 18.3 Å². The van der Waals surface area contributed by atoms with E-state index in [2.05, 4.69) is 10.6 Å². The number of nitrogens with one attached hydrogen (secondary N) is 2. The third-order valence-electron chi connectivity index (χ3n) is 3.31. The van der Waals surface area contributed by atoms with Crippen LogP contribution < -0.4 is 15.4 Å². The van der Waals surface area contributed by atoms with Gasteiger partial charge in [0.15, 0.2) is 11.6 Å². The van der Waals surface area contributed by atoms with Gasteiger partial charge in [0.2, 0.25) is 0 Å². The fourth-order valence-electron chi connectivity index (χ4n) is 2.02. The largest absolute Gasteiger partial charge is 0.457 e. The van der Waals surface area contributed by atoms with Crippen LogP contribution in [-0.4, -0.2) is 39.3 Å². The number of hydrogen-bond acceptors (Lipinski definition) is 4. The van der Waals surface area contributed by atoms with Gasteiger partial charge in [0, 0.05) is 38.4 Å². The van der Waals surface area contributed by atoms with Crippen LogP contribution in [0.4, 0.5) is 8.78 Å². The van der Waals surface area contributed by atoms with Crippen LogP contribution in [0.5, 0.6) is 11.5 Å². The average molecular weight is 387 g/mol. The van der Waals surface area contributed by atoms with Crippen LogP contribution in [0, 0.1) is 11.6 Å². The molecule has 0 aliphatic rings. The molecule has 8 heteroatoms. The number of ether oxygens (including phenoxy) is 2. The summed E-state index contributed by atoms with van der Waals surface area (Å²) in [5, 5.41) is 5.91. The van der Waals surface area contributed by atoms with Gasteiger partial charge >= 0.3 is 0 Å². The second-order valence-electron chi connectivity index (χ2n) is 5.20. The molecule has 0 bridgehead atoms. The quantitative estimate of drug-likeness (QED) is 0.650. The average Bonchev–Trinajstić information content (AvgIpc) is 2.61. The Labute approximate surface area is 157 Å². The molecule has 0 atom stereocenters. The van der Waals surface area contributed by atoms with Crippen molar-refractivity contribution in [1.29, 1.82) is 0 Å². The molecule has 0 radical (unpaired) electrons. The molecule has 2 aromatic rings. The van der Waals surface area contributed by atoms with Gasteiger partial charge in [-0.3, -0.25) is 4.79 Å². The van der Waals surface area contributed by atoms with E-state index in [1.807, 2.05) is 0 Å². The summed E-state index contributed by atoms with van der Waals surface area (Å²) >= 11 is 0. The van der Waals surface area contributed by atoms with E-state index in [4.69, 9.17) is 9.47 Å². The summed E-state index contributed by atoms with van der Waals surface area (Å²) in [7, 11) is 1.63. The minimum Gasteiger partial charge on any atom is -0.457 e. The fourth-order valence-corrected chi connectivity index (χ4v) is 2.02. The molecule has 0 saturated carbocycles. The second-order valence-corrected chi connectivity index (χ2v) is 5.20. The molecule has 0 heterocycles. The first-order chi connectivity index (χ1) is 12.1. The Morgan fingerprint density at radius 3 is 2.31 bits per heavy atom. The molecule has 0 aliphatic carbocycles. The predicted octanol–water partition coefficient (Wildman–Crippen LogP) is 3.14. The maximum atomic E-state index is 13.1. The van der Waals surface area contributed by atoms with Crippen LogP contribution in [0.15, 0.2) is 42.5 Å². The Morgan fingerprint density at radius 1 is 0.962 bits per heavy atom. The SMILES string of the molecule is COCCNCCNC(=O)c1ccc(Oc2ccc(F)c(F)c2)cc1.Cl. The Bertz CT molecular complexity index is 699. The molecule has 2 rings (SSSR count). The first-order valence-corrected chi connectivity index (χ1v) is 7.81. The van der Waals surface area contributed by atoms with E-state index >= 15 is 0 Å². The number of halogens is 3. The van der Waals surface area contributed by atoms with Crippen LogP contribution in [-0.2, 0) is 4.74 Å². The van der Waals surface area contributed by atoms with E-state index in [0.29, 0.717) is 31.0 Å². The summed E-state index contributed by atoms with van der Waals surface area (Å²) in [4.78, 5) is 12.0. The second kappa shape index (κ2) is 11.4. The van der Waals surface area contributed by atoms with Gasteiger partial charge < -0.3 is 20.1 Å². The molecule has 142 valence electrons. The standard InChI is InChI=1S/C18H20F2N2O3.ClH/c1-24-11-10-21-8-9-22-18(23)13-2-4-14(5-3-13)25-15-6-7-16(19)17(20)12-15;/h2-7,12,21H,8-11H2,1H3,(H,22,23);1H. The van der Waals surface area contributed by atoms with Crippen LogP contribution in [0.3, 0.4) is 0 Å². The number of carbonyl (C=O) groups excluding carboxylic acids is 1. The lowest BCUT2D eigenvalue weighted by atomic mass is 10.2. The molecule has 0 unspecified atom stereocenters. The van der Waals surface area contributed by atoms with E-state index in [1.165, 1.54) is 6.07 Å². The van der Waals surface area contributed by atoms with Gasteiger partial charge in [-0.25, -0.2) is 8.78 Å². The molecular weight excluding hydrogens is 366 g/mol. The van der Waals surface area contributed by atoms with E-state index < -0.39 is 11.6 Å². The van der Waals surface area contributed by atoms with E-state index in [-0.39, 0.29) is 24.1 Å². The van der Waals surface area contributed by atoms with Gasteiger partial charge in [-0.05, 0) is 36.4 Å². The lowest BCUT2D eigenvalue weighted by molar-refractivity contribution is 0.0953. The zero-order valence-corrected chi connectivity index (χ0v) is 15.1. The van der Waals surface area contributed by atoms with Crippen LogP contribution in [0.25, 0.3) is 0 Å². The van der Waals surface area contributed by atoms with Crippen LogP contribution in [0.1, 0.15) is 10.4 Å². The summed E-state index contributed by atoms with van der Waals surface area (Å²) in [6.45, 7) is 2.48. The first kappa shape index (κ1) is 21.8. The normalized spacial score (nSPS) is 10.1. The number of rotatable bonds is 9. The van der Waals surface area contributed by atoms with Gasteiger partial charge in [-0.1, -0.05) is 0 Å². The highest BCUT2D eigenvalue weighted by Crippen LogP contribution is 2.23. The minimum absolute atomic E-state index is 0. The zero-order valence-electron chi connectivity index (χ0n) is 14.3. The summed E-state index contributed by atoms with van der Waals surface area (Å²) in [6, 6.07) is 9.67. The molecule has 5 nitrogen and oxygen atoms in total. The summed E-state index contributed by atoms with van der Waals surface area (Å²) in [5.41, 5.74) is 0.481. The number of hydrogen-bond donors (Lipinski definition) is 2. The molecule has 0 aromatic heterocycles. The third-order valence-corrected chi connectivity index (χ3v) is 3.31. The van der Waals surface area contributed by atoms with Crippen molar-refractivity contribution in [3.63, 3.8) is 0 Å². The highest BCUT2D eigenvalue weighted by molar-refractivity contribution is 5.94. The molecule has 0 fully saturated rings. The Hall–Kier alpha value is -2.22. The van der Waals surface area contributed by atoms with Gasteiger partial charge in [-0.15, -0.1) is 12.4 Å². The number of benzene rings is 2. The maximum absolute atomic E-state index is 13.1. The molecule has 1 amide bonds. The zero-order chi connectivity index (χ0) is 18.1. The minimum atomic E-state index is -0.979. The van der Waals surface area contributed by atoms with Crippen LogP contribution >= 0.6 is 12.4 Å². The Balaban J connectivity index is 0.00000338. The van der Waals surface area contributed by atoms with Gasteiger partial charge in [0.25, 0.3) is 5.91 Å². The predicted molar refractivity (Wildman–Crippen MR) is 97.2 cm³/mol. The van der Waals surface area contributed by atoms with Crippen LogP contribution in [0.2, 0.25) is 0 Å². The summed E-state index contributed by atoms with van der Waals surface area (Å²) < 4.78 is 36.4. The van der Waals surface area contributed by atoms with Crippen molar-refractivity contribution in [3.8, 4) is 11.5 Å². The monoisotopic (exact) mass is 386 g/mol. The highest BCUT2D eigenvalue weighted by Gasteiger charge is 2.07. The fraction of sp³-hybridized carbons (Fsp3) is 0.278. The third kappa shape index (κ3) is 6.95. The Morgan fingerprint density at radius 2 is 1.65 bits per heavy atom. The van der Waals surface area contributed by atoms with Gasteiger partial charge in [0.05, 0.1) is 6.61 Å². The number of carbonyl (C=O) groups is 1. The molecule has 0 aliphatic heterocycles. The van der Waals surface area contributed by atoms with E-state index in [9.17, 15) is 13.6 Å². The number of amides is 1. The van der Waals surface area contributed by atoms with Gasteiger partial charge in [0.1, 0.15) is 11.5 Å². The Kier molecular flexibility index (Phi) is 9.57. The van der Waals surface area contributed by atoms with Crippen molar-refractivity contribution in [1.82, 2.24) is 10.6 Å². The molecular formula is C18H21ClF2N2O3. The lowest BCUT2D eigenvalue weighted by Gasteiger charge is -2.08. The molecule has 2 N–H and O–H groups in total. The smallest absolute Gasteiger partial charge is 0.251 e. The maximum Gasteiger partial charge on any atom is 0.251 e. The molecule has 2 aromatic carbocycles. The molecule has 0 spiro atoms.